The van der Waals surface area contributed by atoms with E-state index in [0.717, 1.165) is 25.9 Å². The lowest BCUT2D eigenvalue weighted by Gasteiger charge is -2.43. The van der Waals surface area contributed by atoms with Gasteiger partial charge >= 0.3 is 0 Å². The monoisotopic (exact) mass is 358 g/mol. The van der Waals surface area contributed by atoms with Gasteiger partial charge in [0.15, 0.2) is 5.78 Å². The van der Waals surface area contributed by atoms with Crippen LogP contribution in [-0.4, -0.2) is 48.3 Å². The maximum atomic E-state index is 13.2. The van der Waals surface area contributed by atoms with Gasteiger partial charge in [0.25, 0.3) is 0 Å². The molecule has 1 heterocycles. The fraction of sp³-hybridized carbons (Fsp3) is 0.696. The van der Waals surface area contributed by atoms with Crippen LogP contribution in [-0.2, 0) is 4.79 Å². The highest BCUT2D eigenvalue weighted by molar-refractivity contribution is 6.00. The minimum atomic E-state index is -0.460. The van der Waals surface area contributed by atoms with Crippen molar-refractivity contribution < 1.29 is 4.79 Å². The van der Waals surface area contributed by atoms with Crippen molar-refractivity contribution in [3.63, 3.8) is 0 Å². The molecule has 0 radical (unpaired) electrons. The molecule has 0 aromatic rings. The van der Waals surface area contributed by atoms with Crippen molar-refractivity contribution in [3.8, 4) is 0 Å². The van der Waals surface area contributed by atoms with Crippen LogP contribution in [0.2, 0.25) is 0 Å². The molecule has 146 valence electrons. The molecule has 0 N–H and O–H groups in total. The number of likely N-dealkylation sites (N-methyl/N-ethyl adjacent to an activating group) is 1. The largest absolute Gasteiger partial charge is 0.378 e. The van der Waals surface area contributed by atoms with Crippen molar-refractivity contribution in [2.75, 3.05) is 27.2 Å². The Balaban J connectivity index is 2.00. The molecule has 0 aromatic carbocycles. The Morgan fingerprint density at radius 3 is 2.50 bits per heavy atom. The summed E-state index contributed by atoms with van der Waals surface area (Å²) in [5, 5.41) is 0. The van der Waals surface area contributed by atoms with Crippen LogP contribution in [0.25, 0.3) is 0 Å². The van der Waals surface area contributed by atoms with Crippen LogP contribution in [0.1, 0.15) is 71.1 Å². The first-order valence-electron chi connectivity index (χ1n) is 10.6. The van der Waals surface area contributed by atoms with Crippen molar-refractivity contribution in [3.05, 3.63) is 36.1 Å². The van der Waals surface area contributed by atoms with Crippen LogP contribution in [0.5, 0.6) is 0 Å². The summed E-state index contributed by atoms with van der Waals surface area (Å²) in [4.78, 5) is 17.7. The second-order valence-corrected chi connectivity index (χ2v) is 8.00. The highest BCUT2D eigenvalue weighted by Gasteiger charge is 2.41. The van der Waals surface area contributed by atoms with Crippen molar-refractivity contribution in [1.82, 2.24) is 9.80 Å². The zero-order valence-corrected chi connectivity index (χ0v) is 17.2. The molecule has 3 heteroatoms. The van der Waals surface area contributed by atoms with Crippen LogP contribution < -0.4 is 0 Å². The minimum Gasteiger partial charge on any atom is -0.378 e. The Kier molecular flexibility index (Phi) is 8.64. The standard InChI is InChI=1S/C23H38N2O/c1-4-5-6-7-8-9-11-14-22(26)23(25-19-12-10-13-20-25)17-15-21(16-18-23)24(2)3/h11,14-17H,4-10,12-13,18-20H2,1-3H3/b14-11+. The van der Waals surface area contributed by atoms with E-state index < -0.39 is 5.54 Å². The Hall–Kier alpha value is -1.35. The quantitative estimate of drug-likeness (QED) is 0.401. The van der Waals surface area contributed by atoms with Crippen LogP contribution in [0.15, 0.2) is 36.1 Å². The van der Waals surface area contributed by atoms with Gasteiger partial charge in [0, 0.05) is 19.8 Å². The molecule has 1 saturated heterocycles. The van der Waals surface area contributed by atoms with Gasteiger partial charge in [0.05, 0.1) is 0 Å². The minimum absolute atomic E-state index is 0.262. The molecule has 0 bridgehead atoms. The topological polar surface area (TPSA) is 23.6 Å². The number of unbranched alkanes of at least 4 members (excludes halogenated alkanes) is 5. The number of likely N-dealkylation sites (tertiary alicyclic amines) is 1. The normalized spacial score (nSPS) is 24.0. The third kappa shape index (κ3) is 5.57. The highest BCUT2D eigenvalue weighted by atomic mass is 16.1. The smallest absolute Gasteiger partial charge is 0.179 e. The summed E-state index contributed by atoms with van der Waals surface area (Å²) in [6.45, 7) is 4.31. The first-order chi connectivity index (χ1) is 12.6. The molecule has 2 aliphatic rings. The molecule has 0 amide bonds. The molecular formula is C23H38N2O. The van der Waals surface area contributed by atoms with Crippen molar-refractivity contribution in [2.24, 2.45) is 0 Å². The molecule has 0 spiro atoms. The number of ketones is 1. The summed E-state index contributed by atoms with van der Waals surface area (Å²) in [5.74, 6) is 0.262. The summed E-state index contributed by atoms with van der Waals surface area (Å²) in [7, 11) is 4.12. The number of piperidine rings is 1. The molecular weight excluding hydrogens is 320 g/mol. The zero-order valence-electron chi connectivity index (χ0n) is 17.2. The van der Waals surface area contributed by atoms with E-state index in [4.69, 9.17) is 0 Å². The van der Waals surface area contributed by atoms with E-state index in [1.807, 2.05) is 6.08 Å². The van der Waals surface area contributed by atoms with Gasteiger partial charge in [0.1, 0.15) is 5.54 Å². The molecule has 3 nitrogen and oxygen atoms in total. The predicted molar refractivity (Wildman–Crippen MR) is 111 cm³/mol. The Morgan fingerprint density at radius 1 is 1.15 bits per heavy atom. The lowest BCUT2D eigenvalue weighted by molar-refractivity contribution is -0.124. The second-order valence-electron chi connectivity index (χ2n) is 8.00. The van der Waals surface area contributed by atoms with Gasteiger partial charge in [-0.25, -0.2) is 0 Å². The molecule has 1 aliphatic carbocycles. The Labute approximate surface area is 160 Å². The van der Waals surface area contributed by atoms with E-state index in [0.29, 0.717) is 0 Å². The van der Waals surface area contributed by atoms with E-state index in [2.05, 4.69) is 55.1 Å². The third-order valence-corrected chi connectivity index (χ3v) is 5.76. The van der Waals surface area contributed by atoms with E-state index >= 15 is 0 Å². The summed E-state index contributed by atoms with van der Waals surface area (Å²) >= 11 is 0. The maximum absolute atomic E-state index is 13.2. The highest BCUT2D eigenvalue weighted by Crippen LogP contribution is 2.32. The van der Waals surface area contributed by atoms with Gasteiger partial charge in [-0.05, 0) is 57.3 Å². The molecule has 1 aliphatic heterocycles. The third-order valence-electron chi connectivity index (χ3n) is 5.76. The number of hydrogen-bond donors (Lipinski definition) is 0. The van der Waals surface area contributed by atoms with Crippen LogP contribution in [0.4, 0.5) is 0 Å². The van der Waals surface area contributed by atoms with E-state index in [1.165, 1.54) is 57.1 Å². The maximum Gasteiger partial charge on any atom is 0.179 e. The zero-order chi connectivity index (χ0) is 18.8. The van der Waals surface area contributed by atoms with Crippen molar-refractivity contribution in [2.45, 2.75) is 76.7 Å². The number of nitrogens with zero attached hydrogens (tertiary/aromatic N) is 2. The van der Waals surface area contributed by atoms with Gasteiger partial charge in [-0.3, -0.25) is 9.69 Å². The second kappa shape index (κ2) is 10.7. The molecule has 26 heavy (non-hydrogen) atoms. The predicted octanol–water partition coefficient (Wildman–Crippen LogP) is 5.10. The summed E-state index contributed by atoms with van der Waals surface area (Å²) in [5.41, 5.74) is 0.740. The van der Waals surface area contributed by atoms with Crippen molar-refractivity contribution in [1.29, 1.82) is 0 Å². The average Bonchev–Trinajstić information content (AvgIpc) is 2.67. The van der Waals surface area contributed by atoms with E-state index in [1.54, 1.807) is 0 Å². The van der Waals surface area contributed by atoms with Crippen LogP contribution in [0.3, 0.4) is 0 Å². The van der Waals surface area contributed by atoms with E-state index in [9.17, 15) is 4.79 Å². The SMILES string of the molecule is CCCCCCC/C=C/C(=O)C1(N2CCCCC2)C=CC(N(C)C)=CC1. The fourth-order valence-electron chi connectivity index (χ4n) is 4.02. The lowest BCUT2D eigenvalue weighted by Crippen LogP contribution is -2.55. The van der Waals surface area contributed by atoms with Gasteiger partial charge in [-0.15, -0.1) is 0 Å². The van der Waals surface area contributed by atoms with Gasteiger partial charge in [-0.2, -0.15) is 0 Å². The van der Waals surface area contributed by atoms with Crippen LogP contribution in [0, 0.1) is 0 Å². The summed E-state index contributed by atoms with van der Waals surface area (Å²) in [6, 6.07) is 0. The molecule has 0 aromatic heterocycles. The molecule has 1 fully saturated rings. The molecule has 1 unspecified atom stereocenters. The first-order valence-corrected chi connectivity index (χ1v) is 10.6. The van der Waals surface area contributed by atoms with Gasteiger partial charge in [0.2, 0.25) is 0 Å². The number of hydrogen-bond acceptors (Lipinski definition) is 3. The summed E-state index contributed by atoms with van der Waals surface area (Å²) < 4.78 is 0. The summed E-state index contributed by atoms with van der Waals surface area (Å²) in [6.07, 6.45) is 22.4. The first kappa shape index (κ1) is 21.0. The lowest BCUT2D eigenvalue weighted by atomic mass is 9.82. The average molecular weight is 359 g/mol. The van der Waals surface area contributed by atoms with Crippen molar-refractivity contribution >= 4 is 5.78 Å². The molecule has 1 atom stereocenters. The van der Waals surface area contributed by atoms with Gasteiger partial charge in [-0.1, -0.05) is 57.3 Å². The van der Waals surface area contributed by atoms with Crippen LogP contribution >= 0.6 is 0 Å². The van der Waals surface area contributed by atoms with Gasteiger partial charge < -0.3 is 4.90 Å². The Morgan fingerprint density at radius 2 is 1.88 bits per heavy atom. The van der Waals surface area contributed by atoms with E-state index in [-0.39, 0.29) is 5.78 Å². The number of rotatable bonds is 10. The Bertz CT molecular complexity index is 526. The number of carbonyl (C=O) groups excluding carboxylic acids is 1. The molecule has 2 rings (SSSR count). The fourth-order valence-corrected chi connectivity index (χ4v) is 4.02. The number of carbonyl (C=O) groups is 1. The molecule has 0 saturated carbocycles. The number of allylic oxidation sites excluding steroid dienone is 2.